The van der Waals surface area contributed by atoms with Crippen LogP contribution in [0.25, 0.3) is 0 Å². The molecule has 0 saturated heterocycles. The SMILES string of the molecule is C=COc1ccc(NC(=O)c2ccccc2O)cc1. The zero-order valence-corrected chi connectivity index (χ0v) is 10.2. The highest BCUT2D eigenvalue weighted by molar-refractivity contribution is 6.06. The van der Waals surface area contributed by atoms with E-state index in [0.29, 0.717) is 11.4 Å². The predicted octanol–water partition coefficient (Wildman–Crippen LogP) is 3.17. The van der Waals surface area contributed by atoms with Gasteiger partial charge in [0.1, 0.15) is 11.5 Å². The van der Waals surface area contributed by atoms with E-state index in [1.54, 1.807) is 42.5 Å². The zero-order valence-electron chi connectivity index (χ0n) is 10.2. The number of hydrogen-bond acceptors (Lipinski definition) is 3. The van der Waals surface area contributed by atoms with E-state index in [-0.39, 0.29) is 17.2 Å². The summed E-state index contributed by atoms with van der Waals surface area (Å²) in [5.74, 6) is 0.220. The van der Waals surface area contributed by atoms with E-state index >= 15 is 0 Å². The number of carbonyl (C=O) groups excluding carboxylic acids is 1. The van der Waals surface area contributed by atoms with Crippen molar-refractivity contribution in [3.8, 4) is 11.5 Å². The molecule has 0 atom stereocenters. The minimum Gasteiger partial charge on any atom is -0.507 e. The number of ether oxygens (including phenoxy) is 1. The van der Waals surface area contributed by atoms with Crippen LogP contribution < -0.4 is 10.1 Å². The van der Waals surface area contributed by atoms with Gasteiger partial charge in [0.05, 0.1) is 11.8 Å². The summed E-state index contributed by atoms with van der Waals surface area (Å²) in [6.45, 7) is 3.46. The minimum atomic E-state index is -0.365. The fraction of sp³-hybridized carbons (Fsp3) is 0. The van der Waals surface area contributed by atoms with Crippen LogP contribution in [0.1, 0.15) is 10.4 Å². The molecule has 2 N–H and O–H groups in total. The molecule has 2 aromatic carbocycles. The number of anilines is 1. The first kappa shape index (κ1) is 12.7. The van der Waals surface area contributed by atoms with Gasteiger partial charge in [0, 0.05) is 5.69 Å². The van der Waals surface area contributed by atoms with Gasteiger partial charge in [-0.15, -0.1) is 0 Å². The molecule has 2 rings (SSSR count). The Morgan fingerprint density at radius 2 is 1.84 bits per heavy atom. The maximum atomic E-state index is 11.9. The van der Waals surface area contributed by atoms with Gasteiger partial charge in [0.15, 0.2) is 0 Å². The van der Waals surface area contributed by atoms with Crippen molar-refractivity contribution in [2.45, 2.75) is 0 Å². The summed E-state index contributed by atoms with van der Waals surface area (Å²) in [5, 5.41) is 12.3. The minimum absolute atomic E-state index is 0.0494. The van der Waals surface area contributed by atoms with Crippen molar-refractivity contribution >= 4 is 11.6 Å². The molecule has 2 aromatic rings. The van der Waals surface area contributed by atoms with Gasteiger partial charge in [0.2, 0.25) is 0 Å². The number of para-hydroxylation sites is 1. The highest BCUT2D eigenvalue weighted by Crippen LogP contribution is 2.19. The predicted molar refractivity (Wildman–Crippen MR) is 73.3 cm³/mol. The average molecular weight is 255 g/mol. The molecule has 0 unspecified atom stereocenters. The molecule has 0 bridgehead atoms. The Hall–Kier alpha value is -2.75. The van der Waals surface area contributed by atoms with E-state index in [1.807, 2.05) is 0 Å². The third kappa shape index (κ3) is 3.13. The van der Waals surface area contributed by atoms with Crippen LogP contribution in [0.4, 0.5) is 5.69 Å². The molecule has 0 aliphatic rings. The first-order valence-electron chi connectivity index (χ1n) is 5.67. The molecule has 0 saturated carbocycles. The molecular weight excluding hydrogens is 242 g/mol. The standard InChI is InChI=1S/C15H13NO3/c1-2-19-12-9-7-11(8-10-12)16-15(18)13-5-3-4-6-14(13)17/h2-10,17H,1H2,(H,16,18). The first-order valence-corrected chi connectivity index (χ1v) is 5.67. The van der Waals surface area contributed by atoms with Gasteiger partial charge >= 0.3 is 0 Å². The molecule has 0 spiro atoms. The van der Waals surface area contributed by atoms with Crippen molar-refractivity contribution in [3.63, 3.8) is 0 Å². The Labute approximate surface area is 111 Å². The van der Waals surface area contributed by atoms with Crippen LogP contribution in [0.5, 0.6) is 11.5 Å². The van der Waals surface area contributed by atoms with E-state index in [9.17, 15) is 9.90 Å². The number of carbonyl (C=O) groups is 1. The van der Waals surface area contributed by atoms with Crippen LogP contribution >= 0.6 is 0 Å². The van der Waals surface area contributed by atoms with E-state index in [4.69, 9.17) is 4.74 Å². The van der Waals surface area contributed by atoms with Crippen molar-refractivity contribution in [2.24, 2.45) is 0 Å². The Bertz CT molecular complexity index is 591. The molecule has 0 aromatic heterocycles. The Morgan fingerprint density at radius 3 is 2.47 bits per heavy atom. The van der Waals surface area contributed by atoms with Crippen molar-refractivity contribution in [3.05, 3.63) is 66.9 Å². The van der Waals surface area contributed by atoms with E-state index in [1.165, 1.54) is 12.3 Å². The maximum absolute atomic E-state index is 11.9. The number of aromatic hydroxyl groups is 1. The molecule has 0 fully saturated rings. The fourth-order valence-electron chi connectivity index (χ4n) is 1.58. The van der Waals surface area contributed by atoms with Crippen LogP contribution in [-0.4, -0.2) is 11.0 Å². The van der Waals surface area contributed by atoms with Crippen LogP contribution in [-0.2, 0) is 0 Å². The smallest absolute Gasteiger partial charge is 0.259 e. The van der Waals surface area contributed by atoms with Gasteiger partial charge in [0.25, 0.3) is 5.91 Å². The van der Waals surface area contributed by atoms with Crippen molar-refractivity contribution < 1.29 is 14.6 Å². The molecule has 0 aliphatic heterocycles. The number of hydrogen-bond donors (Lipinski definition) is 2. The highest BCUT2D eigenvalue weighted by atomic mass is 16.5. The summed E-state index contributed by atoms with van der Waals surface area (Å²) in [6, 6.07) is 13.2. The lowest BCUT2D eigenvalue weighted by Gasteiger charge is -2.07. The maximum Gasteiger partial charge on any atom is 0.259 e. The van der Waals surface area contributed by atoms with Gasteiger partial charge in [-0.2, -0.15) is 0 Å². The van der Waals surface area contributed by atoms with E-state index in [2.05, 4.69) is 11.9 Å². The molecule has 96 valence electrons. The van der Waals surface area contributed by atoms with Crippen molar-refractivity contribution in [1.82, 2.24) is 0 Å². The van der Waals surface area contributed by atoms with Gasteiger partial charge in [-0.1, -0.05) is 18.7 Å². The lowest BCUT2D eigenvalue weighted by atomic mass is 10.2. The number of phenols is 1. The van der Waals surface area contributed by atoms with Crippen molar-refractivity contribution in [1.29, 1.82) is 0 Å². The first-order chi connectivity index (χ1) is 9.20. The molecule has 0 heterocycles. The Kier molecular flexibility index (Phi) is 3.83. The fourth-order valence-corrected chi connectivity index (χ4v) is 1.58. The monoisotopic (exact) mass is 255 g/mol. The second kappa shape index (κ2) is 5.73. The highest BCUT2D eigenvalue weighted by Gasteiger charge is 2.10. The molecule has 4 nitrogen and oxygen atoms in total. The summed E-state index contributed by atoms with van der Waals surface area (Å²) in [6.07, 6.45) is 1.33. The van der Waals surface area contributed by atoms with Crippen LogP contribution in [0.15, 0.2) is 61.4 Å². The van der Waals surface area contributed by atoms with E-state index < -0.39 is 0 Å². The molecule has 0 radical (unpaired) electrons. The Balaban J connectivity index is 2.11. The van der Waals surface area contributed by atoms with Crippen LogP contribution in [0.2, 0.25) is 0 Å². The normalized spacial score (nSPS) is 9.68. The van der Waals surface area contributed by atoms with Gasteiger partial charge in [-0.25, -0.2) is 0 Å². The quantitative estimate of drug-likeness (QED) is 0.825. The third-order valence-corrected chi connectivity index (χ3v) is 2.48. The van der Waals surface area contributed by atoms with Crippen LogP contribution in [0, 0.1) is 0 Å². The summed E-state index contributed by atoms with van der Waals surface area (Å²) in [7, 11) is 0. The van der Waals surface area contributed by atoms with E-state index in [0.717, 1.165) is 0 Å². The summed E-state index contributed by atoms with van der Waals surface area (Å²) in [5.41, 5.74) is 0.846. The second-order valence-corrected chi connectivity index (χ2v) is 3.78. The zero-order chi connectivity index (χ0) is 13.7. The van der Waals surface area contributed by atoms with Crippen molar-refractivity contribution in [2.75, 3.05) is 5.32 Å². The molecule has 1 amide bonds. The number of amides is 1. The number of rotatable bonds is 4. The largest absolute Gasteiger partial charge is 0.507 e. The lowest BCUT2D eigenvalue weighted by molar-refractivity contribution is 0.102. The number of phenolic OH excluding ortho intramolecular Hbond substituents is 1. The Morgan fingerprint density at radius 1 is 1.16 bits per heavy atom. The number of benzene rings is 2. The molecular formula is C15H13NO3. The molecule has 0 aliphatic carbocycles. The van der Waals surface area contributed by atoms with Gasteiger partial charge < -0.3 is 15.2 Å². The third-order valence-electron chi connectivity index (χ3n) is 2.48. The molecule has 4 heteroatoms. The summed E-state index contributed by atoms with van der Waals surface area (Å²) >= 11 is 0. The lowest BCUT2D eigenvalue weighted by Crippen LogP contribution is -2.11. The summed E-state index contributed by atoms with van der Waals surface area (Å²) < 4.78 is 5.08. The van der Waals surface area contributed by atoms with Gasteiger partial charge in [-0.05, 0) is 36.4 Å². The summed E-state index contributed by atoms with van der Waals surface area (Å²) in [4.78, 5) is 11.9. The van der Waals surface area contributed by atoms with Crippen LogP contribution in [0.3, 0.4) is 0 Å². The second-order valence-electron chi connectivity index (χ2n) is 3.78. The average Bonchev–Trinajstić information content (AvgIpc) is 2.42. The van der Waals surface area contributed by atoms with Gasteiger partial charge in [-0.3, -0.25) is 4.79 Å². The topological polar surface area (TPSA) is 58.6 Å². The number of nitrogens with one attached hydrogen (secondary N) is 1. The molecule has 19 heavy (non-hydrogen) atoms.